The van der Waals surface area contributed by atoms with Gasteiger partial charge in [-0.3, -0.25) is 9.80 Å². The second kappa shape index (κ2) is 8.63. The Morgan fingerprint density at radius 3 is 2.81 bits per heavy atom. The maximum atomic E-state index is 13.3. The van der Waals surface area contributed by atoms with Crippen LogP contribution in [0.1, 0.15) is 12.1 Å². The van der Waals surface area contributed by atoms with Crippen molar-refractivity contribution in [2.24, 2.45) is 0 Å². The molecule has 0 saturated carbocycles. The van der Waals surface area contributed by atoms with Crippen molar-refractivity contribution in [2.75, 3.05) is 39.3 Å². The predicted molar refractivity (Wildman–Crippen MR) is 102 cm³/mol. The molecule has 0 aliphatic carbocycles. The summed E-state index contributed by atoms with van der Waals surface area (Å²) in [5, 5.41) is 11.9. The van der Waals surface area contributed by atoms with Gasteiger partial charge in [0.15, 0.2) is 0 Å². The monoisotopic (exact) mass is 400 g/mol. The zero-order valence-electron chi connectivity index (χ0n) is 14.4. The summed E-state index contributed by atoms with van der Waals surface area (Å²) in [4.78, 5) is 5.02. The molecule has 0 amide bonds. The minimum Gasteiger partial charge on any atom is -0.314 e. The lowest BCUT2D eigenvalue weighted by Gasteiger charge is -2.32. The fourth-order valence-electron chi connectivity index (χ4n) is 3.65. The van der Waals surface area contributed by atoms with Crippen molar-refractivity contribution in [1.29, 1.82) is 0 Å². The van der Waals surface area contributed by atoms with E-state index >= 15 is 0 Å². The van der Waals surface area contributed by atoms with Crippen molar-refractivity contribution < 1.29 is 4.39 Å². The number of halogens is 3. The number of benzene rings is 1. The fraction of sp³-hybridized carbons (Fsp3) is 0.529. The number of likely N-dealkylation sites (tertiary alicyclic amines) is 1. The molecule has 1 aromatic carbocycles. The molecule has 4 rings (SSSR count). The Morgan fingerprint density at radius 1 is 1.23 bits per heavy atom. The van der Waals surface area contributed by atoms with E-state index in [4.69, 9.17) is 11.6 Å². The Kier molecular flexibility index (Phi) is 6.47. The second-order valence-corrected chi connectivity index (χ2v) is 7.12. The lowest BCUT2D eigenvalue weighted by Crippen LogP contribution is -2.49. The summed E-state index contributed by atoms with van der Waals surface area (Å²) in [6.07, 6.45) is 3.10. The summed E-state index contributed by atoms with van der Waals surface area (Å²) < 4.78 is 14.9. The first-order valence-electron chi connectivity index (χ1n) is 8.73. The van der Waals surface area contributed by atoms with Gasteiger partial charge in [-0.2, -0.15) is 0 Å². The minimum absolute atomic E-state index is 0. The van der Waals surface area contributed by atoms with Gasteiger partial charge in [0, 0.05) is 51.9 Å². The highest BCUT2D eigenvalue weighted by Gasteiger charge is 2.28. The molecule has 0 radical (unpaired) electrons. The Balaban J connectivity index is 0.00000196. The van der Waals surface area contributed by atoms with Crippen molar-refractivity contribution in [2.45, 2.75) is 19.0 Å². The molecule has 0 bridgehead atoms. The third-order valence-corrected chi connectivity index (χ3v) is 5.30. The molecule has 0 spiro atoms. The highest BCUT2D eigenvalue weighted by Crippen LogP contribution is 2.20. The van der Waals surface area contributed by atoms with Crippen LogP contribution in [0.5, 0.6) is 0 Å². The second-order valence-electron chi connectivity index (χ2n) is 6.72. The third kappa shape index (κ3) is 4.35. The molecule has 9 heteroatoms. The molecule has 2 fully saturated rings. The van der Waals surface area contributed by atoms with Crippen molar-refractivity contribution >= 4 is 24.0 Å². The number of rotatable bonds is 4. The van der Waals surface area contributed by atoms with Gasteiger partial charge in [0.1, 0.15) is 5.82 Å². The molecule has 1 N–H and O–H groups in total. The van der Waals surface area contributed by atoms with Gasteiger partial charge in [-0.25, -0.2) is 9.07 Å². The number of piperazine rings is 1. The van der Waals surface area contributed by atoms with Gasteiger partial charge in [0.2, 0.25) is 0 Å². The van der Waals surface area contributed by atoms with Crippen LogP contribution >= 0.6 is 24.0 Å². The molecule has 26 heavy (non-hydrogen) atoms. The lowest BCUT2D eigenvalue weighted by atomic mass is 10.2. The van der Waals surface area contributed by atoms with Crippen molar-refractivity contribution in [3.8, 4) is 5.69 Å². The van der Waals surface area contributed by atoms with Gasteiger partial charge in [-0.05, 0) is 24.6 Å². The average molecular weight is 401 g/mol. The van der Waals surface area contributed by atoms with Crippen LogP contribution in [-0.2, 0) is 6.54 Å². The van der Waals surface area contributed by atoms with Crippen LogP contribution in [0.25, 0.3) is 5.69 Å². The number of hydrogen-bond donors (Lipinski definition) is 1. The lowest BCUT2D eigenvalue weighted by molar-refractivity contribution is 0.170. The topological polar surface area (TPSA) is 49.2 Å². The SMILES string of the molecule is Cl.Fc1ccc(-n2cc(CN3CCC(N4CCNCC4)C3)nn2)cc1Cl. The summed E-state index contributed by atoms with van der Waals surface area (Å²) in [6, 6.07) is 5.20. The Bertz CT molecular complexity index is 734. The standard InChI is InChI=1S/C17H22ClFN6.ClH/c18-16-9-14(1-2-17(16)19)25-11-13(21-22-25)10-23-6-3-15(12-23)24-7-4-20-5-8-24;/h1-2,9,11,15,20H,3-8,10,12H2;1H. The summed E-state index contributed by atoms with van der Waals surface area (Å²) in [5.74, 6) is -0.429. The fourth-order valence-corrected chi connectivity index (χ4v) is 3.83. The molecular formula is C17H23Cl2FN6. The largest absolute Gasteiger partial charge is 0.314 e. The molecule has 2 aliphatic heterocycles. The van der Waals surface area contributed by atoms with Gasteiger partial charge in [-0.1, -0.05) is 16.8 Å². The van der Waals surface area contributed by atoms with Gasteiger partial charge >= 0.3 is 0 Å². The molecule has 1 unspecified atom stereocenters. The number of aromatic nitrogens is 3. The molecule has 6 nitrogen and oxygen atoms in total. The van der Waals surface area contributed by atoms with E-state index in [1.807, 2.05) is 6.20 Å². The van der Waals surface area contributed by atoms with Crippen LogP contribution in [0.15, 0.2) is 24.4 Å². The van der Waals surface area contributed by atoms with Crippen LogP contribution in [0.3, 0.4) is 0 Å². The molecule has 142 valence electrons. The average Bonchev–Trinajstić information content (AvgIpc) is 3.28. The Hall–Kier alpha value is -1.25. The number of hydrogen-bond acceptors (Lipinski definition) is 5. The van der Waals surface area contributed by atoms with Gasteiger partial charge in [0.05, 0.1) is 22.6 Å². The first-order chi connectivity index (χ1) is 12.2. The van der Waals surface area contributed by atoms with E-state index < -0.39 is 5.82 Å². The summed E-state index contributed by atoms with van der Waals surface area (Å²) in [5.41, 5.74) is 1.63. The zero-order valence-corrected chi connectivity index (χ0v) is 16.0. The molecule has 2 aromatic rings. The minimum atomic E-state index is -0.429. The van der Waals surface area contributed by atoms with E-state index in [-0.39, 0.29) is 17.4 Å². The summed E-state index contributed by atoms with van der Waals surface area (Å²) in [6.45, 7) is 7.41. The highest BCUT2D eigenvalue weighted by molar-refractivity contribution is 6.30. The smallest absolute Gasteiger partial charge is 0.141 e. The molecule has 1 aromatic heterocycles. The van der Waals surface area contributed by atoms with Gasteiger partial charge in [0.25, 0.3) is 0 Å². The Labute approximate surface area is 163 Å². The van der Waals surface area contributed by atoms with Crippen LogP contribution in [-0.4, -0.2) is 70.1 Å². The first-order valence-corrected chi connectivity index (χ1v) is 9.10. The zero-order chi connectivity index (χ0) is 17.2. The van der Waals surface area contributed by atoms with Crippen LogP contribution in [0.4, 0.5) is 4.39 Å². The Morgan fingerprint density at radius 2 is 2.04 bits per heavy atom. The van der Waals surface area contributed by atoms with E-state index in [2.05, 4.69) is 25.4 Å². The normalized spacial score (nSPS) is 21.7. The van der Waals surface area contributed by atoms with Crippen molar-refractivity contribution in [1.82, 2.24) is 30.1 Å². The summed E-state index contributed by atoms with van der Waals surface area (Å²) in [7, 11) is 0. The van der Waals surface area contributed by atoms with E-state index in [0.29, 0.717) is 11.7 Å². The molecule has 3 heterocycles. The quantitative estimate of drug-likeness (QED) is 0.849. The maximum absolute atomic E-state index is 13.3. The molecule has 1 atom stereocenters. The van der Waals surface area contributed by atoms with Crippen LogP contribution in [0, 0.1) is 5.82 Å². The summed E-state index contributed by atoms with van der Waals surface area (Å²) >= 11 is 5.84. The van der Waals surface area contributed by atoms with Crippen LogP contribution in [0.2, 0.25) is 5.02 Å². The predicted octanol–water partition coefficient (Wildman–Crippen LogP) is 1.96. The van der Waals surface area contributed by atoms with E-state index in [1.165, 1.54) is 12.5 Å². The number of nitrogens with one attached hydrogen (secondary N) is 1. The van der Waals surface area contributed by atoms with Gasteiger partial charge < -0.3 is 5.32 Å². The maximum Gasteiger partial charge on any atom is 0.141 e. The van der Waals surface area contributed by atoms with Crippen LogP contribution < -0.4 is 5.32 Å². The third-order valence-electron chi connectivity index (χ3n) is 5.01. The molecule has 2 aliphatic rings. The first kappa shape index (κ1) is 19.5. The molecular weight excluding hydrogens is 378 g/mol. The molecule has 2 saturated heterocycles. The van der Waals surface area contributed by atoms with E-state index in [1.54, 1.807) is 16.8 Å². The van der Waals surface area contributed by atoms with E-state index in [0.717, 1.165) is 51.5 Å². The van der Waals surface area contributed by atoms with E-state index in [9.17, 15) is 4.39 Å². The number of nitrogens with zero attached hydrogens (tertiary/aromatic N) is 5. The van der Waals surface area contributed by atoms with Crippen molar-refractivity contribution in [3.63, 3.8) is 0 Å². The highest BCUT2D eigenvalue weighted by atomic mass is 35.5. The van der Waals surface area contributed by atoms with Crippen molar-refractivity contribution in [3.05, 3.63) is 40.9 Å². The van der Waals surface area contributed by atoms with Gasteiger partial charge in [-0.15, -0.1) is 17.5 Å².